The van der Waals surface area contributed by atoms with Gasteiger partial charge in [0, 0.05) is 12.0 Å². The maximum atomic E-state index is 10.8. The van der Waals surface area contributed by atoms with Gasteiger partial charge in [-0.25, -0.2) is 4.79 Å². The van der Waals surface area contributed by atoms with Crippen LogP contribution in [-0.2, 0) is 4.79 Å². The molecular weight excluding hydrogens is 380 g/mol. The molecule has 0 saturated heterocycles. The van der Waals surface area contributed by atoms with E-state index in [9.17, 15) is 4.79 Å². The lowest BCUT2D eigenvalue weighted by Crippen LogP contribution is -2.06. The molecule has 0 amide bonds. The molecule has 1 aliphatic carbocycles. The molecule has 0 aliphatic heterocycles. The Balaban J connectivity index is 1.86. The van der Waals surface area contributed by atoms with E-state index in [0.717, 1.165) is 24.0 Å². The number of hydrogen-bond donors (Lipinski definition) is 1. The number of carboxylic acid groups (broad SMARTS) is 1. The average molecular weight is 407 g/mol. The number of fused-ring (bicyclic) bond motifs is 1. The monoisotopic (exact) mass is 406 g/mol. The summed E-state index contributed by atoms with van der Waals surface area (Å²) in [5.74, 6) is -0.561. The Hall–Kier alpha value is -3.65. The van der Waals surface area contributed by atoms with Gasteiger partial charge in [-0.1, -0.05) is 97.5 Å². The molecule has 1 atom stereocenters. The molecule has 31 heavy (non-hydrogen) atoms. The summed E-state index contributed by atoms with van der Waals surface area (Å²) in [5, 5.41) is 11.4. The SMILES string of the molecule is CC/C(=C(/c1ccc(/C=C/C(=O)O)cc1)c1ccc2ccccc2c1)C1C=CC=CC1. The van der Waals surface area contributed by atoms with Gasteiger partial charge >= 0.3 is 5.97 Å². The summed E-state index contributed by atoms with van der Waals surface area (Å²) in [6.07, 6.45) is 13.6. The second-order valence-electron chi connectivity index (χ2n) is 7.76. The first kappa shape index (κ1) is 20.6. The summed E-state index contributed by atoms with van der Waals surface area (Å²) in [6.45, 7) is 2.23. The summed E-state index contributed by atoms with van der Waals surface area (Å²) < 4.78 is 0. The molecule has 2 heteroatoms. The van der Waals surface area contributed by atoms with Crippen LogP contribution in [0.4, 0.5) is 0 Å². The molecule has 0 fully saturated rings. The van der Waals surface area contributed by atoms with Crippen molar-refractivity contribution in [3.8, 4) is 0 Å². The van der Waals surface area contributed by atoms with Gasteiger partial charge in [0.15, 0.2) is 0 Å². The van der Waals surface area contributed by atoms with Crippen LogP contribution in [0.1, 0.15) is 36.5 Å². The number of carboxylic acids is 1. The lowest BCUT2D eigenvalue weighted by atomic mass is 9.82. The van der Waals surface area contributed by atoms with Crippen molar-refractivity contribution in [3.05, 3.63) is 119 Å². The fourth-order valence-corrected chi connectivity index (χ4v) is 4.27. The van der Waals surface area contributed by atoms with Crippen LogP contribution in [0.25, 0.3) is 22.4 Å². The Morgan fingerprint density at radius 3 is 2.39 bits per heavy atom. The van der Waals surface area contributed by atoms with Crippen molar-refractivity contribution in [3.63, 3.8) is 0 Å². The Morgan fingerprint density at radius 1 is 0.968 bits per heavy atom. The minimum absolute atomic E-state index is 0.378. The quantitative estimate of drug-likeness (QED) is 0.437. The van der Waals surface area contributed by atoms with Gasteiger partial charge in [-0.2, -0.15) is 0 Å². The summed E-state index contributed by atoms with van der Waals surface area (Å²) in [6, 6.07) is 23.3. The zero-order valence-electron chi connectivity index (χ0n) is 17.7. The number of carbonyl (C=O) groups is 1. The Labute approximate surface area is 183 Å². The van der Waals surface area contributed by atoms with E-state index in [2.05, 4.69) is 85.8 Å². The van der Waals surface area contributed by atoms with E-state index in [4.69, 9.17) is 5.11 Å². The van der Waals surface area contributed by atoms with Crippen molar-refractivity contribution in [2.24, 2.45) is 5.92 Å². The molecule has 3 aromatic rings. The van der Waals surface area contributed by atoms with Crippen molar-refractivity contribution in [2.75, 3.05) is 0 Å². The number of rotatable bonds is 6. The predicted octanol–water partition coefficient (Wildman–Crippen LogP) is 7.28. The van der Waals surface area contributed by atoms with E-state index in [1.165, 1.54) is 33.6 Å². The molecule has 1 N–H and O–H groups in total. The molecule has 0 heterocycles. The maximum absolute atomic E-state index is 10.8. The summed E-state index contributed by atoms with van der Waals surface area (Å²) >= 11 is 0. The van der Waals surface area contributed by atoms with Crippen molar-refractivity contribution in [1.29, 1.82) is 0 Å². The zero-order valence-corrected chi connectivity index (χ0v) is 17.7. The fraction of sp³-hybridized carbons (Fsp3) is 0.138. The zero-order chi connectivity index (χ0) is 21.6. The number of hydrogen-bond acceptors (Lipinski definition) is 1. The minimum atomic E-state index is -0.939. The predicted molar refractivity (Wildman–Crippen MR) is 130 cm³/mol. The van der Waals surface area contributed by atoms with Crippen LogP contribution in [0.2, 0.25) is 0 Å². The first-order valence-electron chi connectivity index (χ1n) is 10.7. The van der Waals surface area contributed by atoms with Crippen LogP contribution in [0.5, 0.6) is 0 Å². The van der Waals surface area contributed by atoms with E-state index >= 15 is 0 Å². The smallest absolute Gasteiger partial charge is 0.328 e. The number of aliphatic carboxylic acids is 1. The van der Waals surface area contributed by atoms with Gasteiger partial charge in [0.2, 0.25) is 0 Å². The lowest BCUT2D eigenvalue weighted by Gasteiger charge is -2.23. The first-order chi connectivity index (χ1) is 15.2. The van der Waals surface area contributed by atoms with Crippen LogP contribution in [-0.4, -0.2) is 11.1 Å². The van der Waals surface area contributed by atoms with Crippen LogP contribution in [0.15, 0.2) is 103 Å². The number of allylic oxidation sites excluding steroid dienone is 5. The van der Waals surface area contributed by atoms with Crippen LogP contribution >= 0.6 is 0 Å². The van der Waals surface area contributed by atoms with Gasteiger partial charge < -0.3 is 5.11 Å². The van der Waals surface area contributed by atoms with Crippen LogP contribution in [0, 0.1) is 5.92 Å². The third-order valence-electron chi connectivity index (χ3n) is 5.79. The van der Waals surface area contributed by atoms with E-state index in [-0.39, 0.29) is 0 Å². The largest absolute Gasteiger partial charge is 0.478 e. The lowest BCUT2D eigenvalue weighted by molar-refractivity contribution is -0.131. The standard InChI is InChI=1S/C29H26O2/c1-2-27(23-9-4-3-5-10-23)29(24-15-12-21(13-16-24)14-19-28(30)31)26-18-17-22-8-6-7-11-25(22)20-26/h3-9,11-20,23H,2,10H2,1H3,(H,30,31)/b19-14+,29-27+. The molecular formula is C29H26O2. The Bertz CT molecular complexity index is 1210. The van der Waals surface area contributed by atoms with Crippen LogP contribution < -0.4 is 0 Å². The molecule has 3 aromatic carbocycles. The third kappa shape index (κ3) is 4.75. The molecule has 1 aliphatic rings. The Morgan fingerprint density at radius 2 is 1.71 bits per heavy atom. The highest BCUT2D eigenvalue weighted by atomic mass is 16.4. The molecule has 0 bridgehead atoms. The summed E-state index contributed by atoms with van der Waals surface area (Å²) in [5.41, 5.74) is 5.94. The van der Waals surface area contributed by atoms with Gasteiger partial charge in [-0.05, 0) is 58.0 Å². The highest BCUT2D eigenvalue weighted by Crippen LogP contribution is 2.36. The molecule has 1 unspecified atom stereocenters. The molecule has 0 spiro atoms. The highest BCUT2D eigenvalue weighted by Gasteiger charge is 2.18. The van der Waals surface area contributed by atoms with Crippen molar-refractivity contribution in [1.82, 2.24) is 0 Å². The molecule has 2 nitrogen and oxygen atoms in total. The Kier molecular flexibility index (Phi) is 6.28. The number of benzene rings is 3. The van der Waals surface area contributed by atoms with E-state index in [0.29, 0.717) is 5.92 Å². The highest BCUT2D eigenvalue weighted by molar-refractivity contribution is 5.91. The van der Waals surface area contributed by atoms with Gasteiger partial charge in [0.25, 0.3) is 0 Å². The molecule has 154 valence electrons. The van der Waals surface area contributed by atoms with E-state index in [1.807, 2.05) is 12.1 Å². The fourth-order valence-electron chi connectivity index (χ4n) is 4.27. The van der Waals surface area contributed by atoms with Crippen LogP contribution in [0.3, 0.4) is 0 Å². The second-order valence-corrected chi connectivity index (χ2v) is 7.76. The summed E-state index contributed by atoms with van der Waals surface area (Å²) in [7, 11) is 0. The molecule has 0 saturated carbocycles. The molecule has 0 radical (unpaired) electrons. The average Bonchev–Trinajstić information content (AvgIpc) is 2.82. The van der Waals surface area contributed by atoms with Gasteiger partial charge in [-0.3, -0.25) is 0 Å². The molecule has 0 aromatic heterocycles. The second kappa shape index (κ2) is 9.44. The van der Waals surface area contributed by atoms with Gasteiger partial charge in [0.1, 0.15) is 0 Å². The third-order valence-corrected chi connectivity index (χ3v) is 5.79. The van der Waals surface area contributed by atoms with Gasteiger partial charge in [0.05, 0.1) is 0 Å². The van der Waals surface area contributed by atoms with Crippen molar-refractivity contribution < 1.29 is 9.90 Å². The van der Waals surface area contributed by atoms with E-state index in [1.54, 1.807) is 6.08 Å². The minimum Gasteiger partial charge on any atom is -0.478 e. The maximum Gasteiger partial charge on any atom is 0.328 e. The first-order valence-corrected chi connectivity index (χ1v) is 10.7. The molecule has 4 rings (SSSR count). The van der Waals surface area contributed by atoms with Gasteiger partial charge in [-0.15, -0.1) is 0 Å². The normalized spacial score (nSPS) is 16.6. The van der Waals surface area contributed by atoms with E-state index < -0.39 is 5.97 Å². The van der Waals surface area contributed by atoms with Crippen molar-refractivity contribution >= 4 is 28.4 Å². The van der Waals surface area contributed by atoms with Crippen molar-refractivity contribution in [2.45, 2.75) is 19.8 Å². The summed E-state index contributed by atoms with van der Waals surface area (Å²) in [4.78, 5) is 10.8. The topological polar surface area (TPSA) is 37.3 Å².